The highest BCUT2D eigenvalue weighted by Crippen LogP contribution is 2.18. The van der Waals surface area contributed by atoms with E-state index in [1.54, 1.807) is 6.08 Å². The first-order chi connectivity index (χ1) is 31.7. The van der Waals surface area contributed by atoms with Crippen molar-refractivity contribution >= 4 is 5.91 Å². The Morgan fingerprint density at radius 3 is 0.906 bits per heavy atom. The van der Waals surface area contributed by atoms with Crippen LogP contribution in [0.25, 0.3) is 0 Å². The van der Waals surface area contributed by atoms with E-state index in [-0.39, 0.29) is 12.5 Å². The highest BCUT2D eigenvalue weighted by atomic mass is 16.3. The molecule has 0 radical (unpaired) electrons. The topological polar surface area (TPSA) is 69.6 Å². The second-order valence-corrected chi connectivity index (χ2v) is 20.1. The summed E-state index contributed by atoms with van der Waals surface area (Å²) in [5.74, 6) is -0.0723. The summed E-state index contributed by atoms with van der Waals surface area (Å²) < 4.78 is 0. The highest BCUT2D eigenvalue weighted by Gasteiger charge is 2.18. The zero-order chi connectivity index (χ0) is 46.3. The summed E-state index contributed by atoms with van der Waals surface area (Å²) in [6, 6.07) is -0.644. The van der Waals surface area contributed by atoms with E-state index in [0.29, 0.717) is 6.42 Å². The fourth-order valence-electron chi connectivity index (χ4n) is 9.16. The maximum absolute atomic E-state index is 12.5. The van der Waals surface area contributed by atoms with E-state index in [2.05, 4.69) is 43.5 Å². The fourth-order valence-corrected chi connectivity index (χ4v) is 9.16. The average Bonchev–Trinajstić information content (AvgIpc) is 3.30. The SMILES string of the molecule is CCCCCCCCCCCCCCCCCCCCCCCC/C=C/CC/C=C/CC/C=C/C(O)C(CO)NC(=O)CCCCCCCCCCCCCCCCCCCCCC. The Balaban J connectivity index is 3.51. The van der Waals surface area contributed by atoms with E-state index >= 15 is 0 Å². The number of hydrogen-bond acceptors (Lipinski definition) is 3. The first kappa shape index (κ1) is 62.6. The molecule has 0 fully saturated rings. The number of carbonyl (C=O) groups excluding carboxylic acids is 1. The van der Waals surface area contributed by atoms with E-state index in [1.807, 2.05) is 6.08 Å². The summed E-state index contributed by atoms with van der Waals surface area (Å²) in [5, 5.41) is 23.1. The van der Waals surface area contributed by atoms with E-state index < -0.39 is 12.1 Å². The van der Waals surface area contributed by atoms with Crippen molar-refractivity contribution in [2.75, 3.05) is 6.61 Å². The first-order valence-electron chi connectivity index (χ1n) is 29.2. The van der Waals surface area contributed by atoms with E-state index in [0.717, 1.165) is 38.5 Å². The Bertz CT molecular complexity index is 974. The predicted octanol–water partition coefficient (Wildman–Crippen LogP) is 19.3. The molecular weight excluding hydrogens is 783 g/mol. The number of aliphatic hydroxyl groups excluding tert-OH is 2. The van der Waals surface area contributed by atoms with Crippen molar-refractivity contribution in [3.8, 4) is 0 Å². The molecule has 4 heteroatoms. The van der Waals surface area contributed by atoms with Crippen LogP contribution in [0.5, 0.6) is 0 Å². The van der Waals surface area contributed by atoms with Crippen molar-refractivity contribution in [2.24, 2.45) is 0 Å². The van der Waals surface area contributed by atoms with Crippen LogP contribution in [0.3, 0.4) is 0 Å². The molecule has 3 N–H and O–H groups in total. The number of rotatable bonds is 54. The molecule has 64 heavy (non-hydrogen) atoms. The Labute approximate surface area is 402 Å². The molecule has 2 atom stereocenters. The summed E-state index contributed by atoms with van der Waals surface area (Å²) >= 11 is 0. The lowest BCUT2D eigenvalue weighted by molar-refractivity contribution is -0.123. The Morgan fingerprint density at radius 1 is 0.359 bits per heavy atom. The molecule has 0 rings (SSSR count). The molecule has 378 valence electrons. The molecule has 2 unspecified atom stereocenters. The third kappa shape index (κ3) is 51.6. The van der Waals surface area contributed by atoms with Gasteiger partial charge >= 0.3 is 0 Å². The van der Waals surface area contributed by atoms with Crippen molar-refractivity contribution in [1.82, 2.24) is 5.32 Å². The second kappa shape index (κ2) is 55.9. The highest BCUT2D eigenvalue weighted by molar-refractivity contribution is 5.76. The van der Waals surface area contributed by atoms with Crippen molar-refractivity contribution in [1.29, 1.82) is 0 Å². The molecule has 0 saturated heterocycles. The molecule has 0 aliphatic carbocycles. The fraction of sp³-hybridized carbons (Fsp3) is 0.883. The van der Waals surface area contributed by atoms with Crippen LogP contribution in [0.1, 0.15) is 322 Å². The molecule has 0 aromatic rings. The third-order valence-corrected chi connectivity index (χ3v) is 13.6. The predicted molar refractivity (Wildman–Crippen MR) is 285 cm³/mol. The van der Waals surface area contributed by atoms with Gasteiger partial charge in [-0.2, -0.15) is 0 Å². The summed E-state index contributed by atoms with van der Waals surface area (Å²) in [5.41, 5.74) is 0. The lowest BCUT2D eigenvalue weighted by Crippen LogP contribution is -2.45. The molecule has 0 aliphatic rings. The lowest BCUT2D eigenvalue weighted by Gasteiger charge is -2.19. The van der Waals surface area contributed by atoms with Crippen molar-refractivity contribution in [3.05, 3.63) is 36.5 Å². The maximum atomic E-state index is 12.5. The molecule has 0 aliphatic heterocycles. The summed E-state index contributed by atoms with van der Waals surface area (Å²) in [7, 11) is 0. The second-order valence-electron chi connectivity index (χ2n) is 20.1. The van der Waals surface area contributed by atoms with Crippen LogP contribution in [-0.4, -0.2) is 34.9 Å². The minimum atomic E-state index is -0.869. The third-order valence-electron chi connectivity index (χ3n) is 13.6. The van der Waals surface area contributed by atoms with Gasteiger partial charge in [-0.1, -0.05) is 307 Å². The molecule has 4 nitrogen and oxygen atoms in total. The van der Waals surface area contributed by atoms with Gasteiger partial charge in [0.15, 0.2) is 0 Å². The zero-order valence-electron chi connectivity index (χ0n) is 43.6. The number of nitrogens with one attached hydrogen (secondary N) is 1. The quantitative estimate of drug-likeness (QED) is 0.0421. The zero-order valence-corrected chi connectivity index (χ0v) is 43.6. The molecule has 0 aromatic carbocycles. The van der Waals surface area contributed by atoms with Crippen LogP contribution in [0.2, 0.25) is 0 Å². The standard InChI is InChI=1S/C60H115NO3/c1-3-5-7-9-11-13-15-17-19-21-23-25-26-27-28-29-30-31-32-33-34-35-36-37-39-41-43-45-47-49-51-53-55-59(63)58(57-62)61-60(64)56-54-52-50-48-46-44-42-40-38-24-22-20-18-16-14-12-10-8-6-4-2/h37,39,45,47,53,55,58-59,62-63H,3-36,38,40-44,46,48-52,54,56-57H2,1-2H3,(H,61,64)/b39-37+,47-45+,55-53+. The molecule has 0 heterocycles. The van der Waals surface area contributed by atoms with Gasteiger partial charge in [0.05, 0.1) is 18.8 Å². The van der Waals surface area contributed by atoms with E-state index in [4.69, 9.17) is 0 Å². The van der Waals surface area contributed by atoms with Gasteiger partial charge in [-0.3, -0.25) is 4.79 Å². The number of unbranched alkanes of at least 4 members (excludes halogenated alkanes) is 43. The molecule has 0 saturated carbocycles. The van der Waals surface area contributed by atoms with E-state index in [1.165, 1.54) is 263 Å². The molecule has 0 aromatic heterocycles. The number of amides is 1. The Kier molecular flexibility index (Phi) is 54.7. The number of hydrogen-bond donors (Lipinski definition) is 3. The number of aliphatic hydroxyl groups is 2. The van der Waals surface area contributed by atoms with Crippen LogP contribution in [-0.2, 0) is 4.79 Å². The van der Waals surface area contributed by atoms with Gasteiger partial charge in [-0.05, 0) is 44.9 Å². The monoisotopic (exact) mass is 898 g/mol. The summed E-state index contributed by atoms with van der Waals surface area (Å²) in [4.78, 5) is 12.5. The van der Waals surface area contributed by atoms with Gasteiger partial charge in [-0.15, -0.1) is 0 Å². The van der Waals surface area contributed by atoms with Gasteiger partial charge in [0, 0.05) is 6.42 Å². The van der Waals surface area contributed by atoms with Gasteiger partial charge in [0.25, 0.3) is 0 Å². The Morgan fingerprint density at radius 2 is 0.609 bits per heavy atom. The largest absolute Gasteiger partial charge is 0.394 e. The molecule has 1 amide bonds. The molecule has 0 bridgehead atoms. The summed E-state index contributed by atoms with van der Waals surface area (Å²) in [6.45, 7) is 4.33. The van der Waals surface area contributed by atoms with E-state index in [9.17, 15) is 15.0 Å². The van der Waals surface area contributed by atoms with Gasteiger partial charge in [0.2, 0.25) is 5.91 Å². The van der Waals surface area contributed by atoms with Crippen molar-refractivity contribution in [2.45, 2.75) is 334 Å². The van der Waals surface area contributed by atoms with Gasteiger partial charge in [0.1, 0.15) is 0 Å². The lowest BCUT2D eigenvalue weighted by atomic mass is 10.0. The number of carbonyl (C=O) groups is 1. The van der Waals surface area contributed by atoms with Crippen LogP contribution >= 0.6 is 0 Å². The van der Waals surface area contributed by atoms with Crippen LogP contribution in [0.4, 0.5) is 0 Å². The van der Waals surface area contributed by atoms with Crippen molar-refractivity contribution < 1.29 is 15.0 Å². The first-order valence-corrected chi connectivity index (χ1v) is 29.2. The summed E-state index contributed by atoms with van der Waals surface area (Å²) in [6.07, 6.45) is 76.1. The average molecular weight is 899 g/mol. The van der Waals surface area contributed by atoms with Crippen LogP contribution in [0.15, 0.2) is 36.5 Å². The smallest absolute Gasteiger partial charge is 0.220 e. The maximum Gasteiger partial charge on any atom is 0.220 e. The van der Waals surface area contributed by atoms with Crippen LogP contribution in [0, 0.1) is 0 Å². The van der Waals surface area contributed by atoms with Crippen molar-refractivity contribution in [3.63, 3.8) is 0 Å². The van der Waals surface area contributed by atoms with Crippen LogP contribution < -0.4 is 5.32 Å². The minimum Gasteiger partial charge on any atom is -0.394 e. The molecular formula is C60H115NO3. The normalized spacial score (nSPS) is 13.0. The van der Waals surface area contributed by atoms with Gasteiger partial charge in [-0.25, -0.2) is 0 Å². The van der Waals surface area contributed by atoms with Gasteiger partial charge < -0.3 is 15.5 Å². The number of allylic oxidation sites excluding steroid dienone is 5. The Hall–Kier alpha value is -1.39. The minimum absolute atomic E-state index is 0.0723. The molecule has 0 spiro atoms.